The zero-order valence-corrected chi connectivity index (χ0v) is 10.9. The summed E-state index contributed by atoms with van der Waals surface area (Å²) >= 11 is 0. The summed E-state index contributed by atoms with van der Waals surface area (Å²) in [6, 6.07) is 7.76. The van der Waals surface area contributed by atoms with Gasteiger partial charge in [0.25, 0.3) is 0 Å². The lowest BCUT2D eigenvalue weighted by Gasteiger charge is -2.00. The molecule has 0 aromatic carbocycles. The minimum absolute atomic E-state index is 0.136. The van der Waals surface area contributed by atoms with Crippen LogP contribution in [0.2, 0.25) is 0 Å². The molecule has 108 valence electrons. The highest BCUT2D eigenvalue weighted by Gasteiger charge is 2.33. The number of pyridine rings is 1. The van der Waals surface area contributed by atoms with E-state index in [2.05, 4.69) is 20.3 Å². The summed E-state index contributed by atoms with van der Waals surface area (Å²) in [6.07, 6.45) is -4.46. The van der Waals surface area contributed by atoms with Gasteiger partial charge in [0.05, 0.1) is 11.4 Å². The molecule has 3 aromatic heterocycles. The summed E-state index contributed by atoms with van der Waals surface area (Å²) in [7, 11) is 0. The molecule has 5 nitrogen and oxygen atoms in total. The molecule has 0 fully saturated rings. The van der Waals surface area contributed by atoms with Crippen molar-refractivity contribution in [1.29, 1.82) is 0 Å². The first kappa shape index (κ1) is 13.3. The van der Waals surface area contributed by atoms with Gasteiger partial charge < -0.3 is 0 Å². The monoisotopic (exact) mass is 293 g/mol. The Morgan fingerprint density at radius 1 is 0.905 bits per heavy atom. The van der Waals surface area contributed by atoms with Crippen LogP contribution in [0.15, 0.2) is 30.3 Å². The molecule has 0 bridgehead atoms. The van der Waals surface area contributed by atoms with Crippen LogP contribution in [-0.4, -0.2) is 25.4 Å². The van der Waals surface area contributed by atoms with E-state index in [4.69, 9.17) is 0 Å². The summed E-state index contributed by atoms with van der Waals surface area (Å²) < 4.78 is 37.7. The van der Waals surface area contributed by atoms with E-state index in [1.54, 1.807) is 24.3 Å². The molecule has 2 N–H and O–H groups in total. The Labute approximate surface area is 117 Å². The van der Waals surface area contributed by atoms with Gasteiger partial charge in [-0.25, -0.2) is 4.98 Å². The number of H-pyrrole nitrogens is 2. The maximum Gasteiger partial charge on any atom is 0.432 e. The molecule has 0 aliphatic heterocycles. The highest BCUT2D eigenvalue weighted by Crippen LogP contribution is 2.30. The molecular weight excluding hydrogens is 283 g/mol. The van der Waals surface area contributed by atoms with Crippen LogP contribution in [-0.2, 0) is 6.18 Å². The van der Waals surface area contributed by atoms with E-state index in [0.717, 1.165) is 11.8 Å². The third-order valence-electron chi connectivity index (χ3n) is 2.86. The van der Waals surface area contributed by atoms with Crippen molar-refractivity contribution in [3.05, 3.63) is 41.7 Å². The highest BCUT2D eigenvalue weighted by atomic mass is 19.4. The zero-order valence-electron chi connectivity index (χ0n) is 10.9. The number of rotatable bonds is 2. The fourth-order valence-corrected chi connectivity index (χ4v) is 1.87. The topological polar surface area (TPSA) is 70.2 Å². The first-order valence-corrected chi connectivity index (χ1v) is 6.06. The Kier molecular flexibility index (Phi) is 3.00. The number of halogens is 3. The number of aryl methyl sites for hydroxylation is 1. The number of aromatic amines is 2. The number of aromatic nitrogens is 5. The zero-order chi connectivity index (χ0) is 15.0. The van der Waals surface area contributed by atoms with Crippen molar-refractivity contribution in [2.75, 3.05) is 0 Å². The van der Waals surface area contributed by atoms with Crippen LogP contribution in [0.1, 0.15) is 11.4 Å². The molecule has 3 heterocycles. The van der Waals surface area contributed by atoms with E-state index in [-0.39, 0.29) is 5.69 Å². The van der Waals surface area contributed by atoms with Crippen molar-refractivity contribution in [2.24, 2.45) is 0 Å². The quantitative estimate of drug-likeness (QED) is 0.762. The van der Waals surface area contributed by atoms with E-state index in [0.29, 0.717) is 17.1 Å². The van der Waals surface area contributed by atoms with Crippen LogP contribution in [0.4, 0.5) is 13.2 Å². The first-order valence-electron chi connectivity index (χ1n) is 6.06. The van der Waals surface area contributed by atoms with Gasteiger partial charge in [-0.15, -0.1) is 0 Å². The SMILES string of the molecule is Cc1cc(-c2cccc(-c3cc(C(F)(F)F)[nH]n3)n2)n[nH]1. The largest absolute Gasteiger partial charge is 0.432 e. The van der Waals surface area contributed by atoms with Gasteiger partial charge in [0, 0.05) is 5.69 Å². The van der Waals surface area contributed by atoms with Crippen molar-refractivity contribution < 1.29 is 13.2 Å². The van der Waals surface area contributed by atoms with E-state index >= 15 is 0 Å². The van der Waals surface area contributed by atoms with Gasteiger partial charge >= 0.3 is 6.18 Å². The summed E-state index contributed by atoms with van der Waals surface area (Å²) in [5, 5.41) is 12.5. The van der Waals surface area contributed by atoms with Crippen LogP contribution in [0.5, 0.6) is 0 Å². The summed E-state index contributed by atoms with van der Waals surface area (Å²) in [5.74, 6) is 0. The second kappa shape index (κ2) is 4.72. The Bertz CT molecular complexity index is 772. The molecule has 21 heavy (non-hydrogen) atoms. The van der Waals surface area contributed by atoms with Crippen LogP contribution in [0.25, 0.3) is 22.8 Å². The molecule has 3 aromatic rings. The van der Waals surface area contributed by atoms with Gasteiger partial charge in [-0.3, -0.25) is 10.2 Å². The molecule has 0 spiro atoms. The third kappa shape index (κ3) is 2.64. The number of hydrogen-bond donors (Lipinski definition) is 2. The Morgan fingerprint density at radius 3 is 2.05 bits per heavy atom. The first-order chi connectivity index (χ1) is 9.93. The molecule has 0 aliphatic rings. The number of nitrogens with zero attached hydrogens (tertiary/aromatic N) is 3. The Balaban J connectivity index is 1.98. The second-order valence-electron chi connectivity index (χ2n) is 4.51. The minimum atomic E-state index is -4.46. The molecule has 3 rings (SSSR count). The summed E-state index contributed by atoms with van der Waals surface area (Å²) in [5.41, 5.74) is 1.64. The van der Waals surface area contributed by atoms with E-state index in [9.17, 15) is 13.2 Å². The molecule has 0 amide bonds. The van der Waals surface area contributed by atoms with E-state index in [1.807, 2.05) is 12.0 Å². The molecule has 0 radical (unpaired) electrons. The number of alkyl halides is 3. The third-order valence-corrected chi connectivity index (χ3v) is 2.86. The summed E-state index contributed by atoms with van der Waals surface area (Å²) in [4.78, 5) is 4.29. The maximum absolute atomic E-state index is 12.6. The molecular formula is C13H10F3N5. The van der Waals surface area contributed by atoms with Crippen LogP contribution < -0.4 is 0 Å². The fraction of sp³-hybridized carbons (Fsp3) is 0.154. The fourth-order valence-electron chi connectivity index (χ4n) is 1.87. The van der Waals surface area contributed by atoms with Crippen LogP contribution in [0, 0.1) is 6.92 Å². The molecule has 0 saturated carbocycles. The molecule has 0 unspecified atom stereocenters. The molecule has 8 heteroatoms. The lowest BCUT2D eigenvalue weighted by molar-refractivity contribution is -0.141. The summed E-state index contributed by atoms with van der Waals surface area (Å²) in [6.45, 7) is 1.85. The maximum atomic E-state index is 12.6. The van der Waals surface area contributed by atoms with Crippen LogP contribution >= 0.6 is 0 Å². The van der Waals surface area contributed by atoms with Crippen LogP contribution in [0.3, 0.4) is 0 Å². The number of nitrogens with one attached hydrogen (secondary N) is 2. The average molecular weight is 293 g/mol. The molecule has 0 atom stereocenters. The van der Waals surface area contributed by atoms with Crippen molar-refractivity contribution in [3.63, 3.8) is 0 Å². The number of hydrogen-bond acceptors (Lipinski definition) is 3. The van der Waals surface area contributed by atoms with Gasteiger partial charge in [0.15, 0.2) is 0 Å². The Hall–Kier alpha value is -2.64. The predicted octanol–water partition coefficient (Wildman–Crippen LogP) is 3.19. The minimum Gasteiger partial charge on any atom is -0.282 e. The van der Waals surface area contributed by atoms with E-state index < -0.39 is 11.9 Å². The molecule has 0 aliphatic carbocycles. The second-order valence-corrected chi connectivity index (χ2v) is 4.51. The normalized spacial score (nSPS) is 11.8. The van der Waals surface area contributed by atoms with Gasteiger partial charge in [-0.05, 0) is 31.2 Å². The van der Waals surface area contributed by atoms with Crippen molar-refractivity contribution in [3.8, 4) is 22.8 Å². The van der Waals surface area contributed by atoms with Gasteiger partial charge in [0.2, 0.25) is 0 Å². The Morgan fingerprint density at radius 2 is 1.52 bits per heavy atom. The lowest BCUT2D eigenvalue weighted by atomic mass is 10.2. The van der Waals surface area contributed by atoms with Gasteiger partial charge in [0.1, 0.15) is 17.1 Å². The van der Waals surface area contributed by atoms with Gasteiger partial charge in [-0.2, -0.15) is 23.4 Å². The van der Waals surface area contributed by atoms with Crippen molar-refractivity contribution >= 4 is 0 Å². The van der Waals surface area contributed by atoms with Crippen molar-refractivity contribution in [2.45, 2.75) is 13.1 Å². The van der Waals surface area contributed by atoms with Gasteiger partial charge in [-0.1, -0.05) is 6.07 Å². The van der Waals surface area contributed by atoms with E-state index in [1.165, 1.54) is 0 Å². The molecule has 0 saturated heterocycles. The standard InChI is InChI=1S/C13H10F3N5/c1-7-5-10(19-18-7)8-3-2-4-9(17-8)11-6-12(21-20-11)13(14,15)16/h2-6H,1H3,(H,18,19)(H,20,21). The predicted molar refractivity (Wildman–Crippen MR) is 69.1 cm³/mol. The lowest BCUT2D eigenvalue weighted by Crippen LogP contribution is -2.04. The van der Waals surface area contributed by atoms with Crippen molar-refractivity contribution in [1.82, 2.24) is 25.4 Å². The highest BCUT2D eigenvalue weighted by molar-refractivity contribution is 5.61. The average Bonchev–Trinajstić information content (AvgIpc) is 3.07. The smallest absolute Gasteiger partial charge is 0.282 e.